The molecule has 1 aromatic carbocycles. The summed E-state index contributed by atoms with van der Waals surface area (Å²) in [5, 5.41) is 13.8. The maximum absolute atomic E-state index is 10.8. The van der Waals surface area contributed by atoms with Crippen LogP contribution in [0.1, 0.15) is 5.56 Å². The molecule has 2 rings (SSSR count). The molecule has 0 fully saturated rings. The molecule has 1 aromatic heterocycles. The van der Waals surface area contributed by atoms with E-state index < -0.39 is 4.92 Å². The lowest BCUT2D eigenvalue weighted by Gasteiger charge is -2.11. The van der Waals surface area contributed by atoms with Gasteiger partial charge in [0.2, 0.25) is 0 Å². The van der Waals surface area contributed by atoms with Crippen molar-refractivity contribution in [2.45, 2.75) is 6.61 Å². The summed E-state index contributed by atoms with van der Waals surface area (Å²) < 4.78 is 5.10. The first-order valence-electron chi connectivity index (χ1n) is 5.86. The van der Waals surface area contributed by atoms with Crippen LogP contribution < -0.4 is 11.1 Å². The highest BCUT2D eigenvalue weighted by atomic mass is 16.6. The van der Waals surface area contributed by atoms with Gasteiger partial charge in [0.05, 0.1) is 23.7 Å². The molecule has 0 spiro atoms. The topological polar surface area (TPSA) is 103 Å². The number of nitro groups is 1. The zero-order valence-corrected chi connectivity index (χ0v) is 10.9. The Hall–Kier alpha value is -2.67. The summed E-state index contributed by atoms with van der Waals surface area (Å²) in [6, 6.07) is 10.0. The molecule has 20 heavy (non-hydrogen) atoms. The molecule has 0 aliphatic carbocycles. The van der Waals surface area contributed by atoms with E-state index in [0.29, 0.717) is 12.4 Å². The van der Waals surface area contributed by atoms with Gasteiger partial charge in [-0.2, -0.15) is 0 Å². The number of nitrogens with two attached hydrogens (primary N) is 1. The van der Waals surface area contributed by atoms with Crippen molar-refractivity contribution >= 4 is 23.0 Å². The maximum atomic E-state index is 10.8. The summed E-state index contributed by atoms with van der Waals surface area (Å²) in [5.74, 6) is 0.408. The number of anilines is 3. The first-order valence-corrected chi connectivity index (χ1v) is 5.86. The molecule has 7 heteroatoms. The highest BCUT2D eigenvalue weighted by molar-refractivity contribution is 5.64. The zero-order chi connectivity index (χ0) is 14.5. The SMILES string of the molecule is COCc1ccccc1Nc1cc([N+](=O)[O-])cc(N)n1. The fourth-order valence-electron chi connectivity index (χ4n) is 1.77. The van der Waals surface area contributed by atoms with Crippen LogP contribution >= 0.6 is 0 Å². The van der Waals surface area contributed by atoms with E-state index in [0.717, 1.165) is 11.3 Å². The van der Waals surface area contributed by atoms with Gasteiger partial charge in [-0.05, 0) is 6.07 Å². The Labute approximate surface area is 115 Å². The molecule has 7 nitrogen and oxygen atoms in total. The Balaban J connectivity index is 2.32. The van der Waals surface area contributed by atoms with E-state index in [9.17, 15) is 10.1 Å². The van der Waals surface area contributed by atoms with E-state index in [1.54, 1.807) is 7.11 Å². The minimum Gasteiger partial charge on any atom is -0.383 e. The Morgan fingerprint density at radius 1 is 1.40 bits per heavy atom. The number of methoxy groups -OCH3 is 1. The third-order valence-electron chi connectivity index (χ3n) is 2.62. The molecule has 104 valence electrons. The summed E-state index contributed by atoms with van der Waals surface area (Å²) in [6.07, 6.45) is 0. The van der Waals surface area contributed by atoms with Gasteiger partial charge in [0, 0.05) is 18.4 Å². The van der Waals surface area contributed by atoms with Gasteiger partial charge >= 0.3 is 0 Å². The van der Waals surface area contributed by atoms with E-state index in [2.05, 4.69) is 10.3 Å². The van der Waals surface area contributed by atoms with Gasteiger partial charge in [0.25, 0.3) is 5.69 Å². The number of nitrogen functional groups attached to an aromatic ring is 1. The number of hydrogen-bond donors (Lipinski definition) is 2. The second-order valence-corrected chi connectivity index (χ2v) is 4.11. The van der Waals surface area contributed by atoms with Crippen molar-refractivity contribution in [1.82, 2.24) is 4.98 Å². The largest absolute Gasteiger partial charge is 0.383 e. The number of nitrogens with zero attached hydrogens (tertiary/aromatic N) is 2. The highest BCUT2D eigenvalue weighted by Crippen LogP contribution is 2.24. The van der Waals surface area contributed by atoms with Crippen LogP contribution in [0.3, 0.4) is 0 Å². The highest BCUT2D eigenvalue weighted by Gasteiger charge is 2.11. The summed E-state index contributed by atoms with van der Waals surface area (Å²) >= 11 is 0. The monoisotopic (exact) mass is 274 g/mol. The lowest BCUT2D eigenvalue weighted by Crippen LogP contribution is -2.02. The van der Waals surface area contributed by atoms with E-state index >= 15 is 0 Å². The predicted molar refractivity (Wildman–Crippen MR) is 75.7 cm³/mol. The molecule has 1 heterocycles. The molecule has 0 radical (unpaired) electrons. The van der Waals surface area contributed by atoms with Crippen LogP contribution in [0, 0.1) is 10.1 Å². The Bertz CT molecular complexity index is 631. The molecule has 0 bridgehead atoms. The molecule has 0 atom stereocenters. The van der Waals surface area contributed by atoms with Gasteiger partial charge in [0.15, 0.2) is 0 Å². The van der Waals surface area contributed by atoms with Crippen LogP contribution in [0.4, 0.5) is 23.0 Å². The van der Waals surface area contributed by atoms with Crippen LogP contribution in [0.25, 0.3) is 0 Å². The van der Waals surface area contributed by atoms with Crippen LogP contribution in [-0.2, 0) is 11.3 Å². The van der Waals surface area contributed by atoms with Crippen LogP contribution in [0.5, 0.6) is 0 Å². The molecular formula is C13H14N4O3. The summed E-state index contributed by atoms with van der Waals surface area (Å²) in [7, 11) is 1.60. The lowest BCUT2D eigenvalue weighted by atomic mass is 10.2. The van der Waals surface area contributed by atoms with Crippen molar-refractivity contribution in [2.75, 3.05) is 18.2 Å². The van der Waals surface area contributed by atoms with Gasteiger partial charge in [-0.15, -0.1) is 0 Å². The molecule has 2 aromatic rings. The molecule has 0 aliphatic rings. The number of hydrogen-bond acceptors (Lipinski definition) is 6. The Morgan fingerprint density at radius 3 is 2.85 bits per heavy atom. The molecule has 0 saturated carbocycles. The third-order valence-corrected chi connectivity index (χ3v) is 2.62. The minimum atomic E-state index is -0.510. The lowest BCUT2D eigenvalue weighted by molar-refractivity contribution is -0.384. The Morgan fingerprint density at radius 2 is 2.15 bits per heavy atom. The number of aromatic nitrogens is 1. The predicted octanol–water partition coefficient (Wildman–Crippen LogP) is 2.46. The first-order chi connectivity index (χ1) is 9.60. The quantitative estimate of drug-likeness (QED) is 0.641. The zero-order valence-electron chi connectivity index (χ0n) is 10.9. The fraction of sp³-hybridized carbons (Fsp3) is 0.154. The Kier molecular flexibility index (Phi) is 4.11. The van der Waals surface area contributed by atoms with Crippen LogP contribution in [-0.4, -0.2) is 17.0 Å². The number of nitrogens with one attached hydrogen (secondary N) is 1. The third kappa shape index (κ3) is 3.21. The molecule has 0 saturated heterocycles. The van der Waals surface area contributed by atoms with E-state index in [1.165, 1.54) is 12.1 Å². The summed E-state index contributed by atoms with van der Waals surface area (Å²) in [4.78, 5) is 14.3. The normalized spacial score (nSPS) is 10.2. The smallest absolute Gasteiger partial charge is 0.276 e. The summed E-state index contributed by atoms with van der Waals surface area (Å²) in [5.41, 5.74) is 7.14. The van der Waals surface area contributed by atoms with Gasteiger partial charge in [-0.25, -0.2) is 4.98 Å². The second-order valence-electron chi connectivity index (χ2n) is 4.11. The van der Waals surface area contributed by atoms with Crippen molar-refractivity contribution in [1.29, 1.82) is 0 Å². The number of pyridine rings is 1. The van der Waals surface area contributed by atoms with Crippen molar-refractivity contribution < 1.29 is 9.66 Å². The number of para-hydroxylation sites is 1. The van der Waals surface area contributed by atoms with Gasteiger partial charge in [0.1, 0.15) is 11.6 Å². The van der Waals surface area contributed by atoms with Crippen molar-refractivity contribution in [3.8, 4) is 0 Å². The molecule has 3 N–H and O–H groups in total. The molecule has 0 amide bonds. The van der Waals surface area contributed by atoms with Crippen LogP contribution in [0.15, 0.2) is 36.4 Å². The summed E-state index contributed by atoms with van der Waals surface area (Å²) in [6.45, 7) is 0.424. The maximum Gasteiger partial charge on any atom is 0.276 e. The average Bonchev–Trinajstić information content (AvgIpc) is 2.40. The second kappa shape index (κ2) is 5.98. The van der Waals surface area contributed by atoms with Crippen LogP contribution in [0.2, 0.25) is 0 Å². The van der Waals surface area contributed by atoms with Gasteiger partial charge in [-0.1, -0.05) is 18.2 Å². The van der Waals surface area contributed by atoms with E-state index in [4.69, 9.17) is 10.5 Å². The van der Waals surface area contributed by atoms with Gasteiger partial charge in [-0.3, -0.25) is 10.1 Å². The first kappa shape index (κ1) is 13.8. The fourth-order valence-corrected chi connectivity index (χ4v) is 1.77. The molecule has 0 unspecified atom stereocenters. The number of ether oxygens (including phenoxy) is 1. The molecule has 0 aliphatic heterocycles. The van der Waals surface area contributed by atoms with E-state index in [-0.39, 0.29) is 11.5 Å². The van der Waals surface area contributed by atoms with Crippen molar-refractivity contribution in [3.05, 3.63) is 52.1 Å². The van der Waals surface area contributed by atoms with Crippen molar-refractivity contribution in [2.24, 2.45) is 0 Å². The number of rotatable bonds is 5. The number of benzene rings is 1. The van der Waals surface area contributed by atoms with Gasteiger partial charge < -0.3 is 15.8 Å². The van der Waals surface area contributed by atoms with E-state index in [1.807, 2.05) is 24.3 Å². The molecular weight excluding hydrogens is 260 g/mol. The minimum absolute atomic E-state index is 0.0888. The standard InChI is InChI=1S/C13H14N4O3/c1-20-8-9-4-2-3-5-11(9)15-13-7-10(17(18)19)6-12(14)16-13/h2-7H,8H2,1H3,(H3,14,15,16). The van der Waals surface area contributed by atoms with Crippen molar-refractivity contribution in [3.63, 3.8) is 0 Å². The average molecular weight is 274 g/mol.